The van der Waals surface area contributed by atoms with Crippen molar-refractivity contribution >= 4 is 17.9 Å². The second-order valence-corrected chi connectivity index (χ2v) is 3.16. The van der Waals surface area contributed by atoms with E-state index in [4.69, 9.17) is 20.4 Å². The number of aliphatic carboxylic acids is 3. The highest BCUT2D eigenvalue weighted by Gasteiger charge is 2.14. The average molecular weight is 268 g/mol. The monoisotopic (exact) mass is 268 g/mol. The lowest BCUT2D eigenvalue weighted by Gasteiger charge is -2.03. The van der Waals surface area contributed by atoms with Gasteiger partial charge in [-0.05, 0) is 5.56 Å². The number of aliphatic hydroxyl groups is 1. The van der Waals surface area contributed by atoms with Gasteiger partial charge in [0.1, 0.15) is 0 Å². The Morgan fingerprint density at radius 2 is 1.32 bits per heavy atom. The van der Waals surface area contributed by atoms with E-state index in [1.165, 1.54) is 0 Å². The Morgan fingerprint density at radius 1 is 0.895 bits per heavy atom. The zero-order valence-electron chi connectivity index (χ0n) is 9.63. The summed E-state index contributed by atoms with van der Waals surface area (Å²) in [6.07, 6.45) is -0.291. The molecule has 4 N–H and O–H groups in total. The molecule has 0 saturated carbocycles. The van der Waals surface area contributed by atoms with Crippen LogP contribution in [0.3, 0.4) is 0 Å². The first-order chi connectivity index (χ1) is 8.84. The Kier molecular flexibility index (Phi) is 7.24. The zero-order valence-corrected chi connectivity index (χ0v) is 9.63. The minimum absolute atomic E-state index is 0.403. The number of aliphatic hydroxyl groups excluding tert-OH is 1. The molecular formula is C12H12O7. The van der Waals surface area contributed by atoms with Crippen LogP contribution >= 0.6 is 0 Å². The molecule has 1 aromatic rings. The molecule has 0 amide bonds. The molecule has 1 unspecified atom stereocenters. The molecule has 0 aliphatic rings. The average Bonchev–Trinajstić information content (AvgIpc) is 2.37. The number of carbonyl (C=O) groups is 3. The smallest absolute Gasteiger partial charge is 0.337 e. The van der Waals surface area contributed by atoms with Crippen LogP contribution in [0, 0.1) is 0 Å². The number of hydrogen-bond donors (Lipinski definition) is 4. The van der Waals surface area contributed by atoms with Gasteiger partial charge in [0.05, 0.1) is 0 Å². The first-order valence-corrected chi connectivity index (χ1v) is 4.94. The zero-order chi connectivity index (χ0) is 14.8. The van der Waals surface area contributed by atoms with E-state index >= 15 is 0 Å². The number of carboxylic acid groups (broad SMARTS) is 3. The molecule has 19 heavy (non-hydrogen) atoms. The first kappa shape index (κ1) is 16.3. The van der Waals surface area contributed by atoms with Crippen LogP contribution in [0.25, 0.3) is 0 Å². The van der Waals surface area contributed by atoms with Crippen molar-refractivity contribution in [3.05, 3.63) is 48.0 Å². The van der Waals surface area contributed by atoms with Crippen LogP contribution in [0.1, 0.15) is 11.7 Å². The summed E-state index contributed by atoms with van der Waals surface area (Å²) in [5.74, 6) is -3.74. The molecule has 7 nitrogen and oxygen atoms in total. The summed E-state index contributed by atoms with van der Waals surface area (Å²) in [6, 6.07) is 8.26. The third-order valence-corrected chi connectivity index (χ3v) is 1.72. The van der Waals surface area contributed by atoms with Crippen molar-refractivity contribution in [2.45, 2.75) is 6.10 Å². The third kappa shape index (κ3) is 8.11. The van der Waals surface area contributed by atoms with Gasteiger partial charge in [-0.25, -0.2) is 14.4 Å². The minimum atomic E-state index is -1.41. The normalized spacial score (nSPS) is 11.2. The predicted molar refractivity (Wildman–Crippen MR) is 63.4 cm³/mol. The maximum absolute atomic E-state index is 10.2. The van der Waals surface area contributed by atoms with Gasteiger partial charge in [-0.2, -0.15) is 0 Å². The van der Waals surface area contributed by atoms with E-state index in [1.54, 1.807) is 30.3 Å². The van der Waals surface area contributed by atoms with Crippen molar-refractivity contribution in [3.8, 4) is 0 Å². The predicted octanol–water partition coefficient (Wildman–Crippen LogP) is 0.516. The van der Waals surface area contributed by atoms with E-state index in [1.807, 2.05) is 0 Å². The van der Waals surface area contributed by atoms with E-state index < -0.39 is 24.0 Å². The maximum atomic E-state index is 10.2. The van der Waals surface area contributed by atoms with Crippen LogP contribution in [0.2, 0.25) is 0 Å². The SMILES string of the molecule is O=C(O)/C=C\C(=O)O.O=C(O)C(O)c1ccccc1. The molecule has 102 valence electrons. The molecule has 0 saturated heterocycles. The Balaban J connectivity index is 0.000000362. The molecule has 0 heterocycles. The summed E-state index contributed by atoms with van der Waals surface area (Å²) in [5, 5.41) is 33.0. The van der Waals surface area contributed by atoms with Crippen LogP contribution in [0.15, 0.2) is 42.5 Å². The third-order valence-electron chi connectivity index (χ3n) is 1.72. The molecule has 0 radical (unpaired) electrons. The van der Waals surface area contributed by atoms with Crippen molar-refractivity contribution in [3.63, 3.8) is 0 Å². The van der Waals surface area contributed by atoms with Crippen LogP contribution in [-0.4, -0.2) is 38.3 Å². The highest BCUT2D eigenvalue weighted by Crippen LogP contribution is 2.10. The fourth-order valence-corrected chi connectivity index (χ4v) is 0.920. The van der Waals surface area contributed by atoms with Gasteiger partial charge in [-0.1, -0.05) is 30.3 Å². The highest BCUT2D eigenvalue weighted by atomic mass is 16.4. The van der Waals surface area contributed by atoms with Crippen molar-refractivity contribution < 1.29 is 34.8 Å². The van der Waals surface area contributed by atoms with Gasteiger partial charge in [-0.3, -0.25) is 0 Å². The molecule has 1 aromatic carbocycles. The van der Waals surface area contributed by atoms with Crippen molar-refractivity contribution in [1.29, 1.82) is 0 Å². The second kappa shape index (κ2) is 8.43. The fraction of sp³-hybridized carbons (Fsp3) is 0.0833. The van der Waals surface area contributed by atoms with Gasteiger partial charge in [-0.15, -0.1) is 0 Å². The number of carboxylic acids is 3. The van der Waals surface area contributed by atoms with Crippen molar-refractivity contribution in [2.24, 2.45) is 0 Å². The first-order valence-electron chi connectivity index (χ1n) is 4.94. The molecule has 0 bridgehead atoms. The van der Waals surface area contributed by atoms with E-state index in [0.717, 1.165) is 0 Å². The van der Waals surface area contributed by atoms with E-state index in [2.05, 4.69) is 0 Å². The van der Waals surface area contributed by atoms with Gasteiger partial charge in [0.2, 0.25) is 0 Å². The minimum Gasteiger partial charge on any atom is -0.479 e. The standard InChI is InChI=1S/C8H8O3.C4H4O4/c9-7(8(10)11)6-4-2-1-3-5-6;5-3(6)1-2-4(7)8/h1-5,7,9H,(H,10,11);1-2H,(H,5,6)(H,7,8)/b;2-1-. The number of benzene rings is 1. The lowest BCUT2D eigenvalue weighted by Crippen LogP contribution is -2.09. The molecule has 0 spiro atoms. The summed E-state index contributed by atoms with van der Waals surface area (Å²) in [5.41, 5.74) is 0.403. The fourth-order valence-electron chi connectivity index (χ4n) is 0.920. The van der Waals surface area contributed by atoms with E-state index in [0.29, 0.717) is 17.7 Å². The van der Waals surface area contributed by atoms with Gasteiger partial charge in [0.15, 0.2) is 6.10 Å². The topological polar surface area (TPSA) is 132 Å². The number of rotatable bonds is 4. The van der Waals surface area contributed by atoms with Crippen LogP contribution in [0.4, 0.5) is 0 Å². The van der Waals surface area contributed by atoms with Gasteiger partial charge < -0.3 is 20.4 Å². The van der Waals surface area contributed by atoms with E-state index in [-0.39, 0.29) is 0 Å². The number of hydrogen-bond acceptors (Lipinski definition) is 4. The molecule has 1 atom stereocenters. The van der Waals surface area contributed by atoms with Crippen molar-refractivity contribution in [2.75, 3.05) is 0 Å². The Labute approximate surface area is 108 Å². The summed E-state index contributed by atoms with van der Waals surface area (Å²) in [4.78, 5) is 29.4. The maximum Gasteiger partial charge on any atom is 0.337 e. The highest BCUT2D eigenvalue weighted by molar-refractivity contribution is 5.89. The summed E-state index contributed by atoms with van der Waals surface area (Å²) in [6.45, 7) is 0. The molecule has 0 aliphatic heterocycles. The lowest BCUT2D eigenvalue weighted by molar-refractivity contribution is -0.147. The molecule has 0 fully saturated rings. The van der Waals surface area contributed by atoms with Crippen LogP contribution < -0.4 is 0 Å². The molecule has 0 aromatic heterocycles. The van der Waals surface area contributed by atoms with Crippen LogP contribution in [0.5, 0.6) is 0 Å². The molecular weight excluding hydrogens is 256 g/mol. The quantitative estimate of drug-likeness (QED) is 0.585. The Hall–Kier alpha value is -2.67. The molecule has 1 rings (SSSR count). The lowest BCUT2D eigenvalue weighted by atomic mass is 10.1. The van der Waals surface area contributed by atoms with E-state index in [9.17, 15) is 14.4 Å². The Morgan fingerprint density at radius 3 is 1.63 bits per heavy atom. The molecule has 7 heteroatoms. The van der Waals surface area contributed by atoms with Gasteiger partial charge >= 0.3 is 17.9 Å². The molecule has 0 aliphatic carbocycles. The van der Waals surface area contributed by atoms with Crippen LogP contribution in [-0.2, 0) is 14.4 Å². The summed E-state index contributed by atoms with van der Waals surface area (Å²) < 4.78 is 0. The largest absolute Gasteiger partial charge is 0.479 e. The van der Waals surface area contributed by atoms with Gasteiger partial charge in [0, 0.05) is 12.2 Å². The summed E-state index contributed by atoms with van der Waals surface area (Å²) >= 11 is 0. The Bertz CT molecular complexity index is 448. The van der Waals surface area contributed by atoms with Gasteiger partial charge in [0.25, 0.3) is 0 Å². The van der Waals surface area contributed by atoms with Crippen molar-refractivity contribution in [1.82, 2.24) is 0 Å². The second-order valence-electron chi connectivity index (χ2n) is 3.16. The summed E-state index contributed by atoms with van der Waals surface area (Å²) in [7, 11) is 0.